The number of aryl methyl sites for hydroxylation is 1. The van der Waals surface area contributed by atoms with Crippen molar-refractivity contribution in [1.29, 1.82) is 0 Å². The lowest BCUT2D eigenvalue weighted by molar-refractivity contribution is -0.0424. The number of rotatable bonds is 6. The molecular formula is C30H30N2O3. The van der Waals surface area contributed by atoms with Crippen LogP contribution in [0.4, 0.5) is 0 Å². The second kappa shape index (κ2) is 10.0. The summed E-state index contributed by atoms with van der Waals surface area (Å²) in [5.41, 5.74) is 9.10. The highest BCUT2D eigenvalue weighted by atomic mass is 16.5. The Balaban J connectivity index is 1.40. The van der Waals surface area contributed by atoms with Gasteiger partial charge < -0.3 is 19.8 Å². The Morgan fingerprint density at radius 1 is 0.914 bits per heavy atom. The van der Waals surface area contributed by atoms with E-state index in [2.05, 4.69) is 49.2 Å². The van der Waals surface area contributed by atoms with Crippen molar-refractivity contribution in [3.8, 4) is 28.3 Å². The molecule has 5 rings (SSSR count). The number of likely N-dealkylation sites (N-methyl/N-ethyl adjacent to an activating group) is 1. The van der Waals surface area contributed by atoms with Gasteiger partial charge in [0.1, 0.15) is 12.4 Å². The van der Waals surface area contributed by atoms with Crippen molar-refractivity contribution in [1.82, 2.24) is 9.88 Å². The second-order valence-corrected chi connectivity index (χ2v) is 9.28. The van der Waals surface area contributed by atoms with Gasteiger partial charge in [0.2, 0.25) is 0 Å². The Hall–Kier alpha value is -3.51. The van der Waals surface area contributed by atoms with E-state index in [0.717, 1.165) is 53.3 Å². The van der Waals surface area contributed by atoms with Crippen LogP contribution in [0.1, 0.15) is 34.1 Å². The van der Waals surface area contributed by atoms with E-state index in [4.69, 9.17) is 9.72 Å². The first-order valence-corrected chi connectivity index (χ1v) is 11.9. The predicted molar refractivity (Wildman–Crippen MR) is 138 cm³/mol. The van der Waals surface area contributed by atoms with Crippen molar-refractivity contribution in [2.45, 2.75) is 32.8 Å². The molecule has 1 aliphatic rings. The zero-order chi connectivity index (χ0) is 24.4. The molecular weight excluding hydrogens is 436 g/mol. The molecule has 1 aliphatic heterocycles. The van der Waals surface area contributed by atoms with Crippen LogP contribution in [0.2, 0.25) is 0 Å². The van der Waals surface area contributed by atoms with Gasteiger partial charge in [0.15, 0.2) is 6.29 Å². The first kappa shape index (κ1) is 23.2. The monoisotopic (exact) mass is 466 g/mol. The van der Waals surface area contributed by atoms with Gasteiger partial charge in [0.25, 0.3) is 0 Å². The Kier molecular flexibility index (Phi) is 6.64. The Morgan fingerprint density at radius 2 is 1.71 bits per heavy atom. The van der Waals surface area contributed by atoms with E-state index >= 15 is 0 Å². The number of aliphatic hydroxyl groups is 2. The van der Waals surface area contributed by atoms with Crippen LogP contribution in [0.3, 0.4) is 0 Å². The highest BCUT2D eigenvalue weighted by Crippen LogP contribution is 2.32. The fourth-order valence-electron chi connectivity index (χ4n) is 4.54. The summed E-state index contributed by atoms with van der Waals surface area (Å²) in [5.74, 6) is 0.802. The molecule has 35 heavy (non-hydrogen) atoms. The molecule has 0 saturated heterocycles. The number of aliphatic hydroxyl groups excluding tert-OH is 1. The van der Waals surface area contributed by atoms with Crippen LogP contribution >= 0.6 is 0 Å². The van der Waals surface area contributed by atoms with E-state index in [1.54, 1.807) is 12.1 Å². The first-order valence-electron chi connectivity index (χ1n) is 11.9. The number of benzene rings is 3. The van der Waals surface area contributed by atoms with E-state index in [-0.39, 0.29) is 0 Å². The lowest BCUT2D eigenvalue weighted by Gasteiger charge is -2.25. The maximum atomic E-state index is 9.36. The van der Waals surface area contributed by atoms with Gasteiger partial charge in [0, 0.05) is 29.8 Å². The molecule has 3 aromatic carbocycles. The fraction of sp³-hybridized carbons (Fsp3) is 0.233. The van der Waals surface area contributed by atoms with Crippen LogP contribution in [-0.2, 0) is 19.6 Å². The quantitative estimate of drug-likeness (QED) is 0.379. The molecule has 5 nitrogen and oxygen atoms in total. The second-order valence-electron chi connectivity index (χ2n) is 9.28. The number of ether oxygens (including phenoxy) is 1. The zero-order valence-corrected chi connectivity index (χ0v) is 20.1. The normalized spacial score (nSPS) is 13.6. The van der Waals surface area contributed by atoms with E-state index in [1.165, 1.54) is 16.7 Å². The largest absolute Gasteiger partial charge is 0.488 e. The number of fused-ring (bicyclic) bond motifs is 1. The van der Waals surface area contributed by atoms with Gasteiger partial charge in [-0.15, -0.1) is 0 Å². The molecule has 0 radical (unpaired) electrons. The minimum absolute atomic E-state index is 0.452. The SMILES string of the molecule is Cc1ccc(OCc2ccc3c(c2)CCN(C)C3)c(-c2cccc(-c3ccc(C(O)O)cc3)n2)c1. The lowest BCUT2D eigenvalue weighted by Crippen LogP contribution is -2.26. The number of nitrogens with zero attached hydrogens (tertiary/aromatic N) is 2. The summed E-state index contributed by atoms with van der Waals surface area (Å²) in [6.45, 7) is 4.66. The van der Waals surface area contributed by atoms with Gasteiger partial charge in [-0.2, -0.15) is 0 Å². The van der Waals surface area contributed by atoms with Gasteiger partial charge >= 0.3 is 0 Å². The van der Waals surface area contributed by atoms with Gasteiger partial charge in [-0.25, -0.2) is 4.98 Å². The Bertz CT molecular complexity index is 1330. The third-order valence-electron chi connectivity index (χ3n) is 6.53. The summed E-state index contributed by atoms with van der Waals surface area (Å²) >= 11 is 0. The third-order valence-corrected chi connectivity index (χ3v) is 6.53. The Morgan fingerprint density at radius 3 is 2.51 bits per heavy atom. The van der Waals surface area contributed by atoms with E-state index in [1.807, 2.05) is 36.4 Å². The summed E-state index contributed by atoms with van der Waals surface area (Å²) in [6, 6.07) is 25.9. The van der Waals surface area contributed by atoms with Crippen molar-refractivity contribution >= 4 is 0 Å². The summed E-state index contributed by atoms with van der Waals surface area (Å²) in [6.07, 6.45) is -0.406. The lowest BCUT2D eigenvalue weighted by atomic mass is 9.98. The van der Waals surface area contributed by atoms with E-state index < -0.39 is 6.29 Å². The molecule has 0 aliphatic carbocycles. The van der Waals surface area contributed by atoms with Crippen LogP contribution in [0.15, 0.2) is 78.9 Å². The molecule has 0 fully saturated rings. The van der Waals surface area contributed by atoms with Crippen LogP contribution in [0, 0.1) is 6.92 Å². The zero-order valence-electron chi connectivity index (χ0n) is 20.1. The molecule has 178 valence electrons. The van der Waals surface area contributed by atoms with Gasteiger partial charge in [-0.3, -0.25) is 0 Å². The van der Waals surface area contributed by atoms with Crippen molar-refractivity contribution in [3.05, 3.63) is 107 Å². The highest BCUT2D eigenvalue weighted by Gasteiger charge is 2.15. The molecule has 2 heterocycles. The Labute approximate surface area is 206 Å². The molecule has 0 unspecified atom stereocenters. The summed E-state index contributed by atoms with van der Waals surface area (Å²) < 4.78 is 6.33. The number of hydrogen-bond donors (Lipinski definition) is 2. The van der Waals surface area contributed by atoms with Crippen LogP contribution < -0.4 is 4.74 Å². The van der Waals surface area contributed by atoms with Gasteiger partial charge in [-0.1, -0.05) is 60.2 Å². The smallest absolute Gasteiger partial charge is 0.178 e. The van der Waals surface area contributed by atoms with Gasteiger partial charge in [0.05, 0.1) is 11.4 Å². The summed E-state index contributed by atoms with van der Waals surface area (Å²) in [5, 5.41) is 18.7. The van der Waals surface area contributed by atoms with Crippen molar-refractivity contribution in [3.63, 3.8) is 0 Å². The average Bonchev–Trinajstić information content (AvgIpc) is 2.88. The van der Waals surface area contributed by atoms with Crippen LogP contribution in [0.5, 0.6) is 5.75 Å². The number of hydrogen-bond acceptors (Lipinski definition) is 5. The van der Waals surface area contributed by atoms with E-state index in [9.17, 15) is 10.2 Å². The molecule has 0 atom stereocenters. The third kappa shape index (κ3) is 5.28. The topological polar surface area (TPSA) is 65.8 Å². The average molecular weight is 467 g/mol. The molecule has 0 saturated carbocycles. The van der Waals surface area contributed by atoms with E-state index in [0.29, 0.717) is 12.2 Å². The minimum Gasteiger partial charge on any atom is -0.488 e. The number of pyridine rings is 1. The van der Waals surface area contributed by atoms with Crippen LogP contribution in [-0.4, -0.2) is 33.7 Å². The first-order chi connectivity index (χ1) is 17.0. The molecule has 0 bridgehead atoms. The summed E-state index contributed by atoms with van der Waals surface area (Å²) in [7, 11) is 2.16. The maximum Gasteiger partial charge on any atom is 0.178 e. The van der Waals surface area contributed by atoms with Crippen molar-refractivity contribution < 1.29 is 14.9 Å². The standard InChI is InChI=1S/C30H30N2O3/c1-20-6-13-29(35-19-21-7-8-25-18-32(2)15-14-24(25)17-21)26(16-20)28-5-3-4-27(31-28)22-9-11-23(12-10-22)30(33)34/h3-13,16-17,30,33-34H,14-15,18-19H2,1-2H3. The molecule has 4 aromatic rings. The molecule has 1 aromatic heterocycles. The highest BCUT2D eigenvalue weighted by molar-refractivity contribution is 5.71. The maximum absolute atomic E-state index is 9.36. The molecule has 5 heteroatoms. The number of aromatic nitrogens is 1. The predicted octanol–water partition coefficient (Wildman–Crippen LogP) is 5.27. The van der Waals surface area contributed by atoms with Crippen molar-refractivity contribution in [2.24, 2.45) is 0 Å². The molecule has 0 amide bonds. The minimum atomic E-state index is -1.48. The fourth-order valence-corrected chi connectivity index (χ4v) is 4.54. The molecule has 0 spiro atoms. The van der Waals surface area contributed by atoms with Crippen LogP contribution in [0.25, 0.3) is 22.5 Å². The summed E-state index contributed by atoms with van der Waals surface area (Å²) in [4.78, 5) is 7.25. The van der Waals surface area contributed by atoms with Crippen molar-refractivity contribution in [2.75, 3.05) is 13.6 Å². The molecule has 2 N–H and O–H groups in total. The van der Waals surface area contributed by atoms with Gasteiger partial charge in [-0.05, 0) is 61.3 Å².